The van der Waals surface area contributed by atoms with Crippen LogP contribution in [0.1, 0.15) is 37.0 Å². The second-order valence-electron chi connectivity index (χ2n) is 6.12. The van der Waals surface area contributed by atoms with Gasteiger partial charge in [-0.25, -0.2) is 0 Å². The molecule has 2 heterocycles. The van der Waals surface area contributed by atoms with E-state index >= 15 is 0 Å². The van der Waals surface area contributed by atoms with Gasteiger partial charge in [-0.3, -0.25) is 4.90 Å². The maximum Gasteiger partial charge on any atom is 0.0486 e. The Labute approximate surface area is 121 Å². The van der Waals surface area contributed by atoms with Crippen LogP contribution >= 0.6 is 0 Å². The number of rotatable bonds is 4. The molecule has 3 nitrogen and oxygen atoms in total. The molecule has 0 amide bonds. The Hall–Kier alpha value is -1.32. The monoisotopic (exact) mass is 271 g/mol. The molecule has 3 rings (SSSR count). The van der Waals surface area contributed by atoms with Gasteiger partial charge in [0.25, 0.3) is 0 Å². The minimum Gasteiger partial charge on any atom is -0.347 e. The first kappa shape index (κ1) is 13.7. The van der Waals surface area contributed by atoms with Crippen LogP contribution < -0.4 is 5.73 Å². The second kappa shape index (κ2) is 5.23. The van der Waals surface area contributed by atoms with E-state index in [1.807, 2.05) is 0 Å². The first-order valence-corrected chi connectivity index (χ1v) is 7.70. The summed E-state index contributed by atoms with van der Waals surface area (Å²) in [6, 6.07) is 5.05. The Morgan fingerprint density at radius 2 is 1.90 bits per heavy atom. The standard InChI is InChI=1S/C17H25N3/c1-4-15(18)6-14-11-20(5-2)17-8-13-10-19(3)9-12(13)7-16(14)17/h7-8,11,15H,4-6,9-10,18H2,1-3H3. The van der Waals surface area contributed by atoms with Crippen LogP contribution in [0.3, 0.4) is 0 Å². The molecule has 1 aromatic heterocycles. The largest absolute Gasteiger partial charge is 0.347 e. The lowest BCUT2D eigenvalue weighted by atomic mass is 10.0. The maximum absolute atomic E-state index is 6.16. The van der Waals surface area contributed by atoms with Crippen LogP contribution in [0.15, 0.2) is 18.3 Å². The van der Waals surface area contributed by atoms with Crippen LogP contribution in [-0.4, -0.2) is 22.6 Å². The Kier molecular flexibility index (Phi) is 3.57. The van der Waals surface area contributed by atoms with Gasteiger partial charge in [-0.15, -0.1) is 0 Å². The highest BCUT2D eigenvalue weighted by Crippen LogP contribution is 2.30. The second-order valence-corrected chi connectivity index (χ2v) is 6.12. The van der Waals surface area contributed by atoms with Crippen molar-refractivity contribution in [1.29, 1.82) is 0 Å². The van der Waals surface area contributed by atoms with E-state index < -0.39 is 0 Å². The fourth-order valence-electron chi connectivity index (χ4n) is 3.28. The van der Waals surface area contributed by atoms with Crippen molar-refractivity contribution in [3.63, 3.8) is 0 Å². The molecule has 0 bridgehead atoms. The van der Waals surface area contributed by atoms with Gasteiger partial charge in [-0.05, 0) is 55.6 Å². The quantitative estimate of drug-likeness (QED) is 0.928. The van der Waals surface area contributed by atoms with E-state index in [0.29, 0.717) is 0 Å². The van der Waals surface area contributed by atoms with Crippen molar-refractivity contribution in [3.8, 4) is 0 Å². The zero-order chi connectivity index (χ0) is 14.3. The van der Waals surface area contributed by atoms with Gasteiger partial charge < -0.3 is 10.3 Å². The third kappa shape index (κ3) is 2.25. The molecule has 0 aliphatic carbocycles. The SMILES string of the molecule is CCC(N)Cc1cn(CC)c2cc3c(cc12)CN(C)C3. The van der Waals surface area contributed by atoms with Crippen molar-refractivity contribution in [3.05, 3.63) is 35.0 Å². The summed E-state index contributed by atoms with van der Waals surface area (Å²) < 4.78 is 2.37. The van der Waals surface area contributed by atoms with Crippen molar-refractivity contribution < 1.29 is 0 Å². The molecular formula is C17H25N3. The highest BCUT2D eigenvalue weighted by Gasteiger charge is 2.19. The van der Waals surface area contributed by atoms with E-state index in [1.165, 1.54) is 27.6 Å². The number of aromatic nitrogens is 1. The minimum atomic E-state index is 0.266. The molecule has 0 radical (unpaired) electrons. The summed E-state index contributed by atoms with van der Waals surface area (Å²) >= 11 is 0. The number of aryl methyl sites for hydroxylation is 1. The Balaban J connectivity index is 2.10. The molecule has 0 saturated heterocycles. The number of benzene rings is 1. The van der Waals surface area contributed by atoms with Gasteiger partial charge in [0.2, 0.25) is 0 Å². The number of fused-ring (bicyclic) bond motifs is 2. The molecule has 0 fully saturated rings. The van der Waals surface area contributed by atoms with Crippen LogP contribution in [0.25, 0.3) is 10.9 Å². The van der Waals surface area contributed by atoms with Crippen molar-refractivity contribution >= 4 is 10.9 Å². The van der Waals surface area contributed by atoms with E-state index in [1.54, 1.807) is 0 Å². The van der Waals surface area contributed by atoms with Gasteiger partial charge in [-0.1, -0.05) is 6.92 Å². The highest BCUT2D eigenvalue weighted by atomic mass is 15.1. The predicted octanol–water partition coefficient (Wildman–Crippen LogP) is 2.89. The van der Waals surface area contributed by atoms with Crippen molar-refractivity contribution in [1.82, 2.24) is 9.47 Å². The van der Waals surface area contributed by atoms with Gasteiger partial charge in [0.05, 0.1) is 0 Å². The lowest BCUT2D eigenvalue weighted by Gasteiger charge is -2.07. The van der Waals surface area contributed by atoms with E-state index in [9.17, 15) is 0 Å². The fraction of sp³-hybridized carbons (Fsp3) is 0.529. The van der Waals surface area contributed by atoms with Crippen molar-refractivity contribution in [2.75, 3.05) is 7.05 Å². The van der Waals surface area contributed by atoms with Gasteiger partial charge in [-0.2, -0.15) is 0 Å². The van der Waals surface area contributed by atoms with E-state index in [-0.39, 0.29) is 6.04 Å². The number of hydrogen-bond donors (Lipinski definition) is 1. The Bertz CT molecular complexity index is 627. The molecule has 1 aliphatic rings. The van der Waals surface area contributed by atoms with Crippen molar-refractivity contribution in [2.24, 2.45) is 5.73 Å². The van der Waals surface area contributed by atoms with Gasteiger partial charge in [0.15, 0.2) is 0 Å². The maximum atomic E-state index is 6.16. The topological polar surface area (TPSA) is 34.2 Å². The van der Waals surface area contributed by atoms with Crippen LogP contribution in [0.5, 0.6) is 0 Å². The van der Waals surface area contributed by atoms with Gasteiger partial charge in [0, 0.05) is 42.8 Å². The third-order valence-corrected chi connectivity index (χ3v) is 4.51. The van der Waals surface area contributed by atoms with E-state index in [0.717, 1.165) is 32.5 Å². The van der Waals surface area contributed by atoms with Crippen LogP contribution in [-0.2, 0) is 26.1 Å². The first-order chi connectivity index (χ1) is 9.62. The molecular weight excluding hydrogens is 246 g/mol. The molecule has 1 aliphatic heterocycles. The molecule has 1 atom stereocenters. The summed E-state index contributed by atoms with van der Waals surface area (Å²) in [5.41, 5.74) is 11.9. The zero-order valence-electron chi connectivity index (χ0n) is 12.8. The summed E-state index contributed by atoms with van der Waals surface area (Å²) in [4.78, 5) is 2.37. The van der Waals surface area contributed by atoms with Gasteiger partial charge >= 0.3 is 0 Å². The molecule has 20 heavy (non-hydrogen) atoms. The van der Waals surface area contributed by atoms with E-state index in [4.69, 9.17) is 5.73 Å². The lowest BCUT2D eigenvalue weighted by Crippen LogP contribution is -2.21. The molecule has 0 spiro atoms. The normalized spacial score (nSPS) is 16.8. The van der Waals surface area contributed by atoms with E-state index in [2.05, 4.69) is 48.7 Å². The molecule has 2 aromatic rings. The predicted molar refractivity (Wildman–Crippen MR) is 84.8 cm³/mol. The lowest BCUT2D eigenvalue weighted by molar-refractivity contribution is 0.353. The smallest absolute Gasteiger partial charge is 0.0486 e. The van der Waals surface area contributed by atoms with Gasteiger partial charge in [0.1, 0.15) is 0 Å². The van der Waals surface area contributed by atoms with Crippen LogP contribution in [0.4, 0.5) is 0 Å². The Morgan fingerprint density at radius 3 is 2.55 bits per heavy atom. The summed E-state index contributed by atoms with van der Waals surface area (Å²) in [6.07, 6.45) is 4.32. The van der Waals surface area contributed by atoms with Crippen molar-refractivity contribution in [2.45, 2.75) is 52.4 Å². The number of hydrogen-bond acceptors (Lipinski definition) is 2. The zero-order valence-corrected chi connectivity index (χ0v) is 12.8. The first-order valence-electron chi connectivity index (χ1n) is 7.70. The third-order valence-electron chi connectivity index (χ3n) is 4.51. The Morgan fingerprint density at radius 1 is 1.20 bits per heavy atom. The molecule has 1 aromatic carbocycles. The number of nitrogens with zero attached hydrogens (tertiary/aromatic N) is 2. The summed E-state index contributed by atoms with van der Waals surface area (Å²) in [5.74, 6) is 0. The fourth-order valence-corrected chi connectivity index (χ4v) is 3.28. The molecule has 0 saturated carbocycles. The summed E-state index contributed by atoms with van der Waals surface area (Å²) in [6.45, 7) is 7.54. The highest BCUT2D eigenvalue weighted by molar-refractivity contribution is 5.86. The number of nitrogens with two attached hydrogens (primary N) is 1. The minimum absolute atomic E-state index is 0.266. The molecule has 1 unspecified atom stereocenters. The van der Waals surface area contributed by atoms with Crippen LogP contribution in [0.2, 0.25) is 0 Å². The van der Waals surface area contributed by atoms with Crippen LogP contribution in [0, 0.1) is 0 Å². The summed E-state index contributed by atoms with van der Waals surface area (Å²) in [7, 11) is 2.19. The molecule has 2 N–H and O–H groups in total. The average Bonchev–Trinajstić information content (AvgIpc) is 2.95. The molecule has 3 heteroatoms. The molecule has 108 valence electrons. The summed E-state index contributed by atoms with van der Waals surface area (Å²) in [5, 5.41) is 1.41. The average molecular weight is 271 g/mol.